The number of hydrogen-bond acceptors (Lipinski definition) is 3. The molecule has 4 nitrogen and oxygen atoms in total. The molecular weight excluding hydrogens is 228 g/mol. The smallest absolute Gasteiger partial charge is 0.269 e. The Morgan fingerprint density at radius 2 is 1.67 bits per heavy atom. The summed E-state index contributed by atoms with van der Waals surface area (Å²) in [6, 6.07) is 6.89. The van der Waals surface area contributed by atoms with Gasteiger partial charge >= 0.3 is 0 Å². The first kappa shape index (κ1) is 14.6. The van der Waals surface area contributed by atoms with Crippen molar-refractivity contribution in [2.75, 3.05) is 20.6 Å². The first-order chi connectivity index (χ1) is 8.59. The van der Waals surface area contributed by atoms with Gasteiger partial charge in [0.2, 0.25) is 0 Å². The second kappa shape index (κ2) is 7.82. The van der Waals surface area contributed by atoms with E-state index in [9.17, 15) is 10.1 Å². The molecule has 0 amide bonds. The van der Waals surface area contributed by atoms with E-state index in [1.165, 1.54) is 24.8 Å². The second-order valence-corrected chi connectivity index (χ2v) is 4.89. The van der Waals surface area contributed by atoms with Gasteiger partial charge in [-0.15, -0.1) is 0 Å². The van der Waals surface area contributed by atoms with Crippen LogP contribution in [0.5, 0.6) is 0 Å². The van der Waals surface area contributed by atoms with Crippen LogP contribution in [0.15, 0.2) is 24.3 Å². The predicted molar refractivity (Wildman–Crippen MR) is 73.8 cm³/mol. The summed E-state index contributed by atoms with van der Waals surface area (Å²) in [6.45, 7) is 1.15. The van der Waals surface area contributed by atoms with Gasteiger partial charge < -0.3 is 4.90 Å². The van der Waals surface area contributed by atoms with Gasteiger partial charge in [-0.1, -0.05) is 25.0 Å². The summed E-state index contributed by atoms with van der Waals surface area (Å²) in [5.74, 6) is 0. The highest BCUT2D eigenvalue weighted by atomic mass is 16.6. The molecule has 0 spiro atoms. The summed E-state index contributed by atoms with van der Waals surface area (Å²) >= 11 is 0. The van der Waals surface area contributed by atoms with Crippen molar-refractivity contribution in [3.05, 3.63) is 39.9 Å². The second-order valence-electron chi connectivity index (χ2n) is 4.89. The molecule has 0 aromatic heterocycles. The largest absolute Gasteiger partial charge is 0.309 e. The van der Waals surface area contributed by atoms with Gasteiger partial charge in [0, 0.05) is 12.1 Å². The van der Waals surface area contributed by atoms with Crippen LogP contribution in [0.2, 0.25) is 0 Å². The SMILES string of the molecule is CN(C)CCCCCCc1ccc([N+](=O)[O-])cc1. The molecule has 1 aromatic rings. The van der Waals surface area contributed by atoms with Crippen molar-refractivity contribution >= 4 is 5.69 Å². The summed E-state index contributed by atoms with van der Waals surface area (Å²) < 4.78 is 0. The van der Waals surface area contributed by atoms with Crippen molar-refractivity contribution in [2.24, 2.45) is 0 Å². The molecule has 0 radical (unpaired) electrons. The van der Waals surface area contributed by atoms with E-state index in [2.05, 4.69) is 19.0 Å². The van der Waals surface area contributed by atoms with Crippen LogP contribution in [0.25, 0.3) is 0 Å². The molecule has 0 heterocycles. The maximum absolute atomic E-state index is 10.5. The van der Waals surface area contributed by atoms with Crippen LogP contribution >= 0.6 is 0 Å². The number of rotatable bonds is 8. The fraction of sp³-hybridized carbons (Fsp3) is 0.571. The van der Waals surface area contributed by atoms with E-state index in [1.54, 1.807) is 12.1 Å². The van der Waals surface area contributed by atoms with Crippen molar-refractivity contribution in [1.82, 2.24) is 4.90 Å². The summed E-state index contributed by atoms with van der Waals surface area (Å²) in [7, 11) is 4.19. The van der Waals surface area contributed by atoms with E-state index in [0.29, 0.717) is 0 Å². The zero-order valence-electron chi connectivity index (χ0n) is 11.3. The Kier molecular flexibility index (Phi) is 6.36. The first-order valence-corrected chi connectivity index (χ1v) is 6.47. The third kappa shape index (κ3) is 5.77. The zero-order valence-corrected chi connectivity index (χ0v) is 11.3. The van der Waals surface area contributed by atoms with Crippen molar-refractivity contribution < 1.29 is 4.92 Å². The molecule has 1 rings (SSSR count). The molecule has 0 saturated carbocycles. The molecule has 0 bridgehead atoms. The normalized spacial score (nSPS) is 10.8. The minimum absolute atomic E-state index is 0.171. The van der Waals surface area contributed by atoms with Crippen LogP contribution in [-0.2, 0) is 6.42 Å². The molecule has 0 aliphatic heterocycles. The molecule has 0 atom stereocenters. The third-order valence-electron chi connectivity index (χ3n) is 2.97. The highest BCUT2D eigenvalue weighted by Crippen LogP contribution is 2.14. The minimum Gasteiger partial charge on any atom is -0.309 e. The predicted octanol–water partition coefficient (Wildman–Crippen LogP) is 3.26. The number of nitro benzene ring substituents is 1. The topological polar surface area (TPSA) is 46.4 Å². The van der Waals surface area contributed by atoms with Crippen LogP contribution in [0.3, 0.4) is 0 Å². The Labute approximate surface area is 109 Å². The fourth-order valence-electron chi connectivity index (χ4n) is 1.90. The van der Waals surface area contributed by atoms with Crippen LogP contribution < -0.4 is 0 Å². The summed E-state index contributed by atoms with van der Waals surface area (Å²) in [5.41, 5.74) is 1.36. The number of nitro groups is 1. The Balaban J connectivity index is 2.17. The van der Waals surface area contributed by atoms with Crippen molar-refractivity contribution in [3.63, 3.8) is 0 Å². The Bertz CT molecular complexity index is 361. The molecule has 0 saturated heterocycles. The summed E-state index contributed by atoms with van der Waals surface area (Å²) in [6.07, 6.45) is 5.90. The van der Waals surface area contributed by atoms with Crippen LogP contribution in [0.4, 0.5) is 5.69 Å². The summed E-state index contributed by atoms with van der Waals surface area (Å²) in [4.78, 5) is 12.3. The van der Waals surface area contributed by atoms with Gasteiger partial charge in [0.1, 0.15) is 0 Å². The van der Waals surface area contributed by atoms with E-state index < -0.39 is 0 Å². The molecule has 0 aliphatic rings. The summed E-state index contributed by atoms with van der Waals surface area (Å²) in [5, 5.41) is 10.5. The molecule has 0 fully saturated rings. The molecule has 1 aromatic carbocycles. The molecule has 0 aliphatic carbocycles. The Morgan fingerprint density at radius 3 is 2.22 bits per heavy atom. The highest BCUT2D eigenvalue weighted by molar-refractivity contribution is 5.32. The lowest BCUT2D eigenvalue weighted by Crippen LogP contribution is -2.12. The fourth-order valence-corrected chi connectivity index (χ4v) is 1.90. The number of hydrogen-bond donors (Lipinski definition) is 0. The maximum Gasteiger partial charge on any atom is 0.269 e. The molecule has 4 heteroatoms. The number of benzene rings is 1. The molecule has 18 heavy (non-hydrogen) atoms. The number of unbranched alkanes of at least 4 members (excludes halogenated alkanes) is 3. The lowest BCUT2D eigenvalue weighted by atomic mass is 10.1. The van der Waals surface area contributed by atoms with Crippen LogP contribution in [0.1, 0.15) is 31.2 Å². The van der Waals surface area contributed by atoms with Gasteiger partial charge in [0.25, 0.3) is 5.69 Å². The van der Waals surface area contributed by atoms with E-state index in [4.69, 9.17) is 0 Å². The average Bonchev–Trinajstić information content (AvgIpc) is 2.34. The van der Waals surface area contributed by atoms with Crippen molar-refractivity contribution in [1.29, 1.82) is 0 Å². The standard InChI is InChI=1S/C14H22N2O2/c1-15(2)12-6-4-3-5-7-13-8-10-14(11-9-13)16(17)18/h8-11H,3-7,12H2,1-2H3. The van der Waals surface area contributed by atoms with Crippen LogP contribution in [-0.4, -0.2) is 30.5 Å². The Morgan fingerprint density at radius 1 is 1.06 bits per heavy atom. The third-order valence-corrected chi connectivity index (χ3v) is 2.97. The number of nitrogens with zero attached hydrogens (tertiary/aromatic N) is 2. The zero-order chi connectivity index (χ0) is 13.4. The Hall–Kier alpha value is -1.42. The van der Waals surface area contributed by atoms with Gasteiger partial charge in [-0.05, 0) is 45.5 Å². The van der Waals surface area contributed by atoms with Gasteiger partial charge in [0.15, 0.2) is 0 Å². The van der Waals surface area contributed by atoms with E-state index in [1.807, 2.05) is 12.1 Å². The number of aryl methyl sites for hydroxylation is 1. The monoisotopic (exact) mass is 250 g/mol. The molecule has 0 N–H and O–H groups in total. The highest BCUT2D eigenvalue weighted by Gasteiger charge is 2.03. The van der Waals surface area contributed by atoms with E-state index >= 15 is 0 Å². The van der Waals surface area contributed by atoms with Gasteiger partial charge in [0.05, 0.1) is 4.92 Å². The van der Waals surface area contributed by atoms with E-state index in [-0.39, 0.29) is 10.6 Å². The average molecular weight is 250 g/mol. The van der Waals surface area contributed by atoms with Crippen LogP contribution in [0, 0.1) is 10.1 Å². The maximum atomic E-state index is 10.5. The molecule has 100 valence electrons. The quantitative estimate of drug-likeness (QED) is 0.404. The van der Waals surface area contributed by atoms with Crippen molar-refractivity contribution in [2.45, 2.75) is 32.1 Å². The van der Waals surface area contributed by atoms with Gasteiger partial charge in [-0.2, -0.15) is 0 Å². The van der Waals surface area contributed by atoms with Crippen molar-refractivity contribution in [3.8, 4) is 0 Å². The molecule has 0 unspecified atom stereocenters. The van der Waals surface area contributed by atoms with Gasteiger partial charge in [-0.25, -0.2) is 0 Å². The van der Waals surface area contributed by atoms with Gasteiger partial charge in [-0.3, -0.25) is 10.1 Å². The first-order valence-electron chi connectivity index (χ1n) is 6.47. The van der Waals surface area contributed by atoms with E-state index in [0.717, 1.165) is 19.4 Å². The minimum atomic E-state index is -0.356. The number of non-ortho nitro benzene ring substituents is 1. The molecular formula is C14H22N2O2. The lowest BCUT2D eigenvalue weighted by molar-refractivity contribution is -0.384. The lowest BCUT2D eigenvalue weighted by Gasteiger charge is -2.08.